The summed E-state index contributed by atoms with van der Waals surface area (Å²) in [6.45, 7) is 1.92. The Kier molecular flexibility index (Phi) is 3.22. The molecule has 0 saturated heterocycles. The molecule has 0 aromatic heterocycles. The van der Waals surface area contributed by atoms with Gasteiger partial charge in [0.25, 0.3) is 10.0 Å². The molecule has 3 nitrogen and oxygen atoms in total. The number of para-hydroxylation sites is 1. The Labute approximate surface area is 123 Å². The minimum absolute atomic E-state index is 0.0867. The van der Waals surface area contributed by atoms with Gasteiger partial charge in [0, 0.05) is 11.1 Å². The summed E-state index contributed by atoms with van der Waals surface area (Å²) >= 11 is 5.91. The van der Waals surface area contributed by atoms with Gasteiger partial charge in [0.15, 0.2) is 0 Å². The predicted molar refractivity (Wildman–Crippen MR) is 80.7 cm³/mol. The van der Waals surface area contributed by atoms with E-state index in [9.17, 15) is 8.42 Å². The summed E-state index contributed by atoms with van der Waals surface area (Å²) in [5, 5.41) is 0.422. The second kappa shape index (κ2) is 4.79. The van der Waals surface area contributed by atoms with E-state index in [2.05, 4.69) is 0 Å². The van der Waals surface area contributed by atoms with Crippen LogP contribution in [0.4, 0.5) is 5.69 Å². The zero-order valence-electron chi connectivity index (χ0n) is 11.0. The number of hydrogen-bond acceptors (Lipinski definition) is 2. The molecule has 2 aromatic carbocycles. The van der Waals surface area contributed by atoms with Gasteiger partial charge in [-0.25, -0.2) is 8.42 Å². The van der Waals surface area contributed by atoms with E-state index >= 15 is 0 Å². The SMILES string of the molecule is C[C@H]1Cc2ccccc2N1S(=O)(=O)c1cccc(Cl)c1. The Bertz CT molecular complexity index is 758. The van der Waals surface area contributed by atoms with Crippen molar-refractivity contribution in [3.63, 3.8) is 0 Å². The Morgan fingerprint density at radius 3 is 2.65 bits per heavy atom. The molecule has 0 aliphatic carbocycles. The smallest absolute Gasteiger partial charge is 0.263 e. The molecule has 1 heterocycles. The molecule has 0 amide bonds. The molecule has 0 radical (unpaired) electrons. The van der Waals surface area contributed by atoms with Crippen LogP contribution < -0.4 is 4.31 Å². The quantitative estimate of drug-likeness (QED) is 0.852. The van der Waals surface area contributed by atoms with Crippen LogP contribution in [0.2, 0.25) is 5.02 Å². The summed E-state index contributed by atoms with van der Waals surface area (Å²) in [7, 11) is -3.57. The lowest BCUT2D eigenvalue weighted by atomic mass is 10.1. The Morgan fingerprint density at radius 2 is 1.90 bits per heavy atom. The predicted octanol–water partition coefficient (Wildman–Crippen LogP) is 3.48. The number of nitrogens with zero attached hydrogens (tertiary/aromatic N) is 1. The van der Waals surface area contributed by atoms with E-state index in [1.165, 1.54) is 10.4 Å². The number of rotatable bonds is 2. The molecule has 20 heavy (non-hydrogen) atoms. The van der Waals surface area contributed by atoms with Crippen LogP contribution in [-0.2, 0) is 16.4 Å². The minimum atomic E-state index is -3.57. The molecule has 0 N–H and O–H groups in total. The van der Waals surface area contributed by atoms with Gasteiger partial charge in [0.1, 0.15) is 0 Å². The van der Waals surface area contributed by atoms with Crippen LogP contribution in [0, 0.1) is 0 Å². The van der Waals surface area contributed by atoms with Crippen molar-refractivity contribution >= 4 is 27.3 Å². The first-order valence-electron chi connectivity index (χ1n) is 6.38. The van der Waals surface area contributed by atoms with E-state index in [0.29, 0.717) is 5.02 Å². The summed E-state index contributed by atoms with van der Waals surface area (Å²) in [5.74, 6) is 0. The van der Waals surface area contributed by atoms with E-state index in [0.717, 1.165) is 17.7 Å². The fraction of sp³-hybridized carbons (Fsp3) is 0.200. The number of halogens is 1. The second-order valence-electron chi connectivity index (χ2n) is 4.94. The summed E-state index contributed by atoms with van der Waals surface area (Å²) in [4.78, 5) is 0.230. The van der Waals surface area contributed by atoms with Crippen LogP contribution >= 0.6 is 11.6 Å². The van der Waals surface area contributed by atoms with Crippen molar-refractivity contribution in [1.29, 1.82) is 0 Å². The van der Waals surface area contributed by atoms with Gasteiger partial charge in [-0.2, -0.15) is 0 Å². The minimum Gasteiger partial charge on any atom is -0.263 e. The monoisotopic (exact) mass is 307 g/mol. The highest BCUT2D eigenvalue weighted by molar-refractivity contribution is 7.92. The number of fused-ring (bicyclic) bond motifs is 1. The Balaban J connectivity index is 2.13. The highest BCUT2D eigenvalue weighted by Crippen LogP contribution is 2.36. The molecule has 0 unspecified atom stereocenters. The Hall–Kier alpha value is -1.52. The fourth-order valence-electron chi connectivity index (χ4n) is 2.64. The van der Waals surface area contributed by atoms with E-state index in [-0.39, 0.29) is 10.9 Å². The molecule has 0 spiro atoms. The lowest BCUT2D eigenvalue weighted by Gasteiger charge is -2.24. The zero-order valence-corrected chi connectivity index (χ0v) is 12.5. The number of anilines is 1. The number of hydrogen-bond donors (Lipinski definition) is 0. The van der Waals surface area contributed by atoms with Crippen molar-refractivity contribution in [2.24, 2.45) is 0 Å². The first kappa shape index (κ1) is 13.5. The lowest BCUT2D eigenvalue weighted by Crippen LogP contribution is -2.35. The van der Waals surface area contributed by atoms with E-state index in [1.807, 2.05) is 31.2 Å². The van der Waals surface area contributed by atoms with Gasteiger partial charge in [0.2, 0.25) is 0 Å². The van der Waals surface area contributed by atoms with E-state index in [4.69, 9.17) is 11.6 Å². The topological polar surface area (TPSA) is 37.4 Å². The third-order valence-electron chi connectivity index (χ3n) is 3.50. The van der Waals surface area contributed by atoms with Gasteiger partial charge in [-0.1, -0.05) is 35.9 Å². The highest BCUT2D eigenvalue weighted by atomic mass is 35.5. The molecule has 3 rings (SSSR count). The molecule has 1 atom stereocenters. The van der Waals surface area contributed by atoms with Gasteiger partial charge in [-0.3, -0.25) is 4.31 Å². The van der Waals surface area contributed by atoms with Crippen LogP contribution in [-0.4, -0.2) is 14.5 Å². The molecule has 2 aromatic rings. The summed E-state index contributed by atoms with van der Waals surface area (Å²) < 4.78 is 27.1. The highest BCUT2D eigenvalue weighted by Gasteiger charge is 2.35. The lowest BCUT2D eigenvalue weighted by molar-refractivity contribution is 0.584. The average molecular weight is 308 g/mol. The molecule has 1 aliphatic rings. The fourth-order valence-corrected chi connectivity index (χ4v) is 4.64. The van der Waals surface area contributed by atoms with Crippen LogP contribution in [0.25, 0.3) is 0 Å². The Morgan fingerprint density at radius 1 is 1.15 bits per heavy atom. The average Bonchev–Trinajstić information content (AvgIpc) is 2.75. The van der Waals surface area contributed by atoms with Crippen molar-refractivity contribution in [3.8, 4) is 0 Å². The van der Waals surface area contributed by atoms with Crippen LogP contribution in [0.5, 0.6) is 0 Å². The van der Waals surface area contributed by atoms with Crippen LogP contribution in [0.1, 0.15) is 12.5 Å². The maximum atomic E-state index is 12.8. The van der Waals surface area contributed by atoms with Crippen molar-refractivity contribution in [3.05, 3.63) is 59.1 Å². The number of sulfonamides is 1. The van der Waals surface area contributed by atoms with Crippen molar-refractivity contribution in [1.82, 2.24) is 0 Å². The first-order valence-corrected chi connectivity index (χ1v) is 8.20. The van der Waals surface area contributed by atoms with Gasteiger partial charge < -0.3 is 0 Å². The first-order chi connectivity index (χ1) is 9.50. The van der Waals surface area contributed by atoms with Crippen molar-refractivity contribution < 1.29 is 8.42 Å². The van der Waals surface area contributed by atoms with Crippen LogP contribution in [0.15, 0.2) is 53.4 Å². The van der Waals surface area contributed by atoms with E-state index < -0.39 is 10.0 Å². The maximum Gasteiger partial charge on any atom is 0.264 e. The maximum absolute atomic E-state index is 12.8. The normalized spacial score (nSPS) is 18.1. The van der Waals surface area contributed by atoms with Crippen molar-refractivity contribution in [2.75, 3.05) is 4.31 Å². The second-order valence-corrected chi connectivity index (χ2v) is 7.19. The molecule has 0 fully saturated rings. The largest absolute Gasteiger partial charge is 0.264 e. The van der Waals surface area contributed by atoms with Gasteiger partial charge >= 0.3 is 0 Å². The summed E-state index contributed by atoms with van der Waals surface area (Å²) in [5.41, 5.74) is 1.82. The van der Waals surface area contributed by atoms with Gasteiger partial charge in [-0.15, -0.1) is 0 Å². The van der Waals surface area contributed by atoms with Gasteiger partial charge in [-0.05, 0) is 43.2 Å². The number of benzene rings is 2. The molecule has 0 bridgehead atoms. The third kappa shape index (κ3) is 2.09. The zero-order chi connectivity index (χ0) is 14.3. The van der Waals surface area contributed by atoms with Crippen LogP contribution in [0.3, 0.4) is 0 Å². The molecular weight excluding hydrogens is 294 g/mol. The molecule has 104 valence electrons. The third-order valence-corrected chi connectivity index (χ3v) is 5.66. The standard InChI is InChI=1S/C15H14ClNO2S/c1-11-9-12-5-2-3-8-15(12)17(11)20(18,19)14-7-4-6-13(16)10-14/h2-8,10-11H,9H2,1H3/t11-/m0/s1. The summed E-state index contributed by atoms with van der Waals surface area (Å²) in [6.07, 6.45) is 0.732. The van der Waals surface area contributed by atoms with E-state index in [1.54, 1.807) is 18.2 Å². The molecule has 0 saturated carbocycles. The molecule has 1 aliphatic heterocycles. The van der Waals surface area contributed by atoms with Gasteiger partial charge in [0.05, 0.1) is 10.6 Å². The van der Waals surface area contributed by atoms with Crippen molar-refractivity contribution in [2.45, 2.75) is 24.3 Å². The molecule has 5 heteroatoms. The summed E-state index contributed by atoms with van der Waals surface area (Å²) in [6, 6.07) is 13.9. The molecular formula is C15H14ClNO2S.